The van der Waals surface area contributed by atoms with Crippen molar-refractivity contribution in [2.24, 2.45) is 51.8 Å². The molecule has 5 saturated carbocycles. The quantitative estimate of drug-likeness (QED) is 0.558. The van der Waals surface area contributed by atoms with Gasteiger partial charge in [0.2, 0.25) is 0 Å². The minimum atomic E-state index is -1.03. The van der Waals surface area contributed by atoms with Crippen LogP contribution in [0.3, 0.4) is 0 Å². The number of fused-ring (bicyclic) bond motifs is 2. The van der Waals surface area contributed by atoms with Gasteiger partial charge in [0.1, 0.15) is 6.29 Å². The van der Waals surface area contributed by atoms with Crippen LogP contribution in [0.25, 0.3) is 0 Å². The van der Waals surface area contributed by atoms with Gasteiger partial charge in [0.25, 0.3) is 0 Å². The number of hydrogen-bond acceptors (Lipinski definition) is 5. The van der Waals surface area contributed by atoms with Crippen LogP contribution in [0.15, 0.2) is 0 Å². The van der Waals surface area contributed by atoms with Crippen LogP contribution in [0.4, 0.5) is 0 Å². The summed E-state index contributed by atoms with van der Waals surface area (Å²) in [7, 11) is 0. The molecule has 6 rings (SSSR count). The molecule has 6 aliphatic rings. The van der Waals surface area contributed by atoms with Gasteiger partial charge in [0.15, 0.2) is 6.29 Å². The average Bonchev–Trinajstić information content (AvgIpc) is 3.50. The minimum Gasteiger partial charge on any atom is -0.481 e. The number of ether oxygens (including phenoxy) is 2. The average molecular weight is 474 g/mol. The molecule has 1 saturated heterocycles. The topological polar surface area (TPSA) is 76.1 Å². The van der Waals surface area contributed by atoms with Gasteiger partial charge in [0.05, 0.1) is 18.1 Å². The lowest BCUT2D eigenvalue weighted by molar-refractivity contribution is -0.243. The molecule has 6 fully saturated rings. The summed E-state index contributed by atoms with van der Waals surface area (Å²) in [5, 5.41) is 11.1. The first-order chi connectivity index (χ1) is 16.2. The van der Waals surface area contributed by atoms with E-state index in [9.17, 15) is 14.7 Å². The van der Waals surface area contributed by atoms with Gasteiger partial charge < -0.3 is 19.4 Å². The third-order valence-electron chi connectivity index (χ3n) is 11.6. The molecule has 1 heterocycles. The Kier molecular flexibility index (Phi) is 5.34. The van der Waals surface area contributed by atoms with Gasteiger partial charge in [0, 0.05) is 30.0 Å². The second-order valence-corrected chi connectivity index (χ2v) is 13.3. The van der Waals surface area contributed by atoms with Gasteiger partial charge in [-0.3, -0.25) is 9.69 Å². The molecule has 34 heavy (non-hydrogen) atoms. The molecule has 5 aliphatic carbocycles. The van der Waals surface area contributed by atoms with E-state index in [2.05, 4.69) is 32.6 Å². The van der Waals surface area contributed by atoms with Crippen LogP contribution in [-0.2, 0) is 19.1 Å². The van der Waals surface area contributed by atoms with Crippen LogP contribution in [0, 0.1) is 51.8 Å². The highest BCUT2D eigenvalue weighted by Crippen LogP contribution is 2.84. The Balaban J connectivity index is 1.39. The first-order valence-corrected chi connectivity index (χ1v) is 13.9. The number of aliphatic carboxylic acids is 1. The number of carbonyl (C=O) groups is 2. The predicted octanol–water partition coefficient (Wildman–Crippen LogP) is 4.22. The van der Waals surface area contributed by atoms with Crippen molar-refractivity contribution >= 4 is 12.3 Å². The van der Waals surface area contributed by atoms with Crippen molar-refractivity contribution in [3.63, 3.8) is 0 Å². The molecule has 4 bridgehead atoms. The predicted molar refractivity (Wildman–Crippen MR) is 127 cm³/mol. The molecule has 0 amide bonds. The molecule has 0 aromatic carbocycles. The van der Waals surface area contributed by atoms with E-state index in [1.807, 2.05) is 0 Å². The Bertz CT molecular complexity index is 858. The molecule has 10 atom stereocenters. The molecular weight excluding hydrogens is 430 g/mol. The maximum absolute atomic E-state index is 13.5. The van der Waals surface area contributed by atoms with E-state index in [1.165, 1.54) is 12.8 Å². The lowest BCUT2D eigenvalue weighted by Crippen LogP contribution is -2.65. The molecule has 0 spiro atoms. The Hall–Kier alpha value is -0.980. The van der Waals surface area contributed by atoms with Crippen LogP contribution in [0.2, 0.25) is 0 Å². The Labute approximate surface area is 204 Å². The first-order valence-electron chi connectivity index (χ1n) is 13.9. The zero-order valence-corrected chi connectivity index (χ0v) is 21.4. The highest BCUT2D eigenvalue weighted by molar-refractivity contribution is 5.86. The number of carboxylic acid groups (broad SMARTS) is 1. The second kappa shape index (κ2) is 7.76. The summed E-state index contributed by atoms with van der Waals surface area (Å²) >= 11 is 0. The number of rotatable bonds is 7. The van der Waals surface area contributed by atoms with E-state index in [0.29, 0.717) is 24.5 Å². The molecule has 6 nitrogen and oxygen atoms in total. The largest absolute Gasteiger partial charge is 0.481 e. The van der Waals surface area contributed by atoms with Crippen molar-refractivity contribution in [1.82, 2.24) is 4.90 Å². The Morgan fingerprint density at radius 1 is 1.18 bits per heavy atom. The highest BCUT2D eigenvalue weighted by Gasteiger charge is 2.86. The fraction of sp³-hybridized carbons (Fsp3) is 0.929. The smallest absolute Gasteiger partial charge is 0.311 e. The van der Waals surface area contributed by atoms with Crippen molar-refractivity contribution in [1.29, 1.82) is 0 Å². The fourth-order valence-electron chi connectivity index (χ4n) is 10.4. The normalized spacial score (nSPS) is 52.2. The maximum Gasteiger partial charge on any atom is 0.311 e. The molecule has 0 radical (unpaired) electrons. The van der Waals surface area contributed by atoms with E-state index in [0.717, 1.165) is 51.5 Å². The van der Waals surface area contributed by atoms with Crippen molar-refractivity contribution in [3.05, 3.63) is 0 Å². The monoisotopic (exact) mass is 473 g/mol. The van der Waals surface area contributed by atoms with Crippen LogP contribution in [0.5, 0.6) is 0 Å². The Morgan fingerprint density at radius 2 is 1.94 bits per heavy atom. The van der Waals surface area contributed by atoms with E-state index < -0.39 is 22.2 Å². The minimum absolute atomic E-state index is 0.0172. The standard InChI is InChI=1S/C28H43NO5/c1-16(2)23-9-19-10-26(14-30)22-8-5-17(3)21(22)11-27(19,28(23,26)25(31)32)15-33-24-13-29(20-6-7-20)12-18(4)34-24/h14,16-24H,5-13,15H2,1-4H3,(H,31,32)/t17-,18-,19+,21-,22-,23?,24-,26+,27+,28+/m1/s1. The van der Waals surface area contributed by atoms with E-state index in [4.69, 9.17) is 9.47 Å². The first kappa shape index (κ1) is 23.4. The highest BCUT2D eigenvalue weighted by atomic mass is 16.7. The number of carbonyl (C=O) groups excluding carboxylic acids is 1. The number of aldehydes is 1. The summed E-state index contributed by atoms with van der Waals surface area (Å²) in [6, 6.07) is 0.659. The van der Waals surface area contributed by atoms with Crippen LogP contribution < -0.4 is 0 Å². The molecule has 1 N–H and O–H groups in total. The summed E-state index contributed by atoms with van der Waals surface area (Å²) in [5.74, 6) is 0.909. The number of nitrogens with zero attached hydrogens (tertiary/aromatic N) is 1. The van der Waals surface area contributed by atoms with Crippen molar-refractivity contribution in [2.45, 2.75) is 91.1 Å². The van der Waals surface area contributed by atoms with Gasteiger partial charge >= 0.3 is 5.97 Å². The zero-order valence-electron chi connectivity index (χ0n) is 21.4. The van der Waals surface area contributed by atoms with E-state index >= 15 is 0 Å². The summed E-state index contributed by atoms with van der Waals surface area (Å²) in [6.45, 7) is 10.9. The molecule has 1 aliphatic heterocycles. The van der Waals surface area contributed by atoms with Crippen molar-refractivity contribution < 1.29 is 24.2 Å². The van der Waals surface area contributed by atoms with Crippen LogP contribution >= 0.6 is 0 Å². The molecule has 6 heteroatoms. The number of morpholine rings is 1. The fourth-order valence-corrected chi connectivity index (χ4v) is 10.4. The van der Waals surface area contributed by atoms with Gasteiger partial charge in [-0.15, -0.1) is 0 Å². The number of carboxylic acids is 1. The van der Waals surface area contributed by atoms with Crippen LogP contribution in [0.1, 0.15) is 72.6 Å². The van der Waals surface area contributed by atoms with Gasteiger partial charge in [-0.25, -0.2) is 0 Å². The van der Waals surface area contributed by atoms with Crippen molar-refractivity contribution in [3.8, 4) is 0 Å². The Morgan fingerprint density at radius 3 is 2.59 bits per heavy atom. The molecule has 0 aromatic rings. The molecule has 0 aromatic heterocycles. The van der Waals surface area contributed by atoms with E-state index in [-0.39, 0.29) is 36.1 Å². The lowest BCUT2D eigenvalue weighted by atomic mass is 9.42. The summed E-state index contributed by atoms with van der Waals surface area (Å²) in [5.41, 5.74) is -2.26. The summed E-state index contributed by atoms with van der Waals surface area (Å²) in [6.07, 6.45) is 8.09. The lowest BCUT2D eigenvalue weighted by Gasteiger charge is -2.59. The molecule has 190 valence electrons. The van der Waals surface area contributed by atoms with Crippen LogP contribution in [-0.4, -0.2) is 60.4 Å². The third-order valence-corrected chi connectivity index (χ3v) is 11.6. The summed E-state index contributed by atoms with van der Waals surface area (Å²) < 4.78 is 12.9. The SMILES string of the molecule is CC(C)C1C[C@H]2C[C@]3(C=O)[C@@H]4CC[C@@H](C)[C@H]4C[C@@]2(CO[C@H]2CN(C4CC4)C[C@@H](C)O2)[C@]13C(=O)O. The summed E-state index contributed by atoms with van der Waals surface area (Å²) in [4.78, 5) is 29.2. The van der Waals surface area contributed by atoms with Crippen molar-refractivity contribution in [2.75, 3.05) is 19.7 Å². The molecular formula is C28H43NO5. The van der Waals surface area contributed by atoms with Gasteiger partial charge in [-0.2, -0.15) is 0 Å². The zero-order chi connectivity index (χ0) is 24.0. The van der Waals surface area contributed by atoms with E-state index in [1.54, 1.807) is 0 Å². The van der Waals surface area contributed by atoms with Gasteiger partial charge in [-0.05, 0) is 81.0 Å². The molecule has 1 unspecified atom stereocenters. The number of hydrogen-bond donors (Lipinski definition) is 1. The maximum atomic E-state index is 13.5. The van der Waals surface area contributed by atoms with Gasteiger partial charge in [-0.1, -0.05) is 27.2 Å². The third kappa shape index (κ3) is 2.79. The second-order valence-electron chi connectivity index (χ2n) is 13.3.